The van der Waals surface area contributed by atoms with Crippen molar-refractivity contribution >= 4 is 19.8 Å². The third kappa shape index (κ3) is 27.6. The molecule has 5 unspecified atom stereocenters. The first-order valence-corrected chi connectivity index (χ1v) is 26.4. The van der Waals surface area contributed by atoms with Gasteiger partial charge in [0.1, 0.15) is 43.2 Å². The average molecular weight is 931 g/mol. The van der Waals surface area contributed by atoms with E-state index < -0.39 is 75.7 Å². The molecule has 0 aromatic carbocycles. The van der Waals surface area contributed by atoms with Gasteiger partial charge in [0.25, 0.3) is 0 Å². The van der Waals surface area contributed by atoms with Gasteiger partial charge in [-0.05, 0) is 51.4 Å². The number of epoxide rings is 1. The van der Waals surface area contributed by atoms with Gasteiger partial charge in [-0.1, -0.05) is 166 Å². The highest BCUT2D eigenvalue weighted by Crippen LogP contribution is 2.47. The van der Waals surface area contributed by atoms with Gasteiger partial charge in [-0.2, -0.15) is 0 Å². The lowest BCUT2D eigenvalue weighted by Crippen LogP contribution is -2.64. The lowest BCUT2D eigenvalue weighted by atomic mass is 9.85. The number of aliphatic hydroxyl groups is 5. The molecule has 0 aromatic rings. The van der Waals surface area contributed by atoms with Gasteiger partial charge in [0.2, 0.25) is 0 Å². The number of hydrogen-bond acceptors (Lipinski definition) is 13. The zero-order valence-corrected chi connectivity index (χ0v) is 40.2. The van der Waals surface area contributed by atoms with E-state index in [2.05, 4.69) is 38.2 Å². The summed E-state index contributed by atoms with van der Waals surface area (Å²) < 4.78 is 39.3. The summed E-state index contributed by atoms with van der Waals surface area (Å²) in [5, 5.41) is 50.2. The molecule has 1 saturated carbocycles. The molecule has 1 aliphatic carbocycles. The Labute approximate surface area is 384 Å². The summed E-state index contributed by atoms with van der Waals surface area (Å²) in [5.41, 5.74) is 0. The first kappa shape index (κ1) is 58.2. The Bertz CT molecular complexity index is 1330. The van der Waals surface area contributed by atoms with E-state index in [9.17, 15) is 44.6 Å². The number of rotatable bonds is 40. The zero-order valence-electron chi connectivity index (χ0n) is 39.3. The van der Waals surface area contributed by atoms with Crippen LogP contribution in [0.4, 0.5) is 0 Å². The fraction of sp³-hybridized carbons (Fsp3) is 0.837. The Morgan fingerprint density at radius 3 is 1.55 bits per heavy atom. The number of carbonyl (C=O) groups excluding carboxylic acids is 2. The van der Waals surface area contributed by atoms with Crippen LogP contribution >= 0.6 is 7.82 Å². The van der Waals surface area contributed by atoms with Crippen molar-refractivity contribution in [3.05, 3.63) is 36.5 Å². The summed E-state index contributed by atoms with van der Waals surface area (Å²) in [5.74, 6) is -1.16. The van der Waals surface area contributed by atoms with E-state index in [1.807, 2.05) is 12.2 Å². The van der Waals surface area contributed by atoms with E-state index in [-0.39, 0.29) is 12.8 Å². The Morgan fingerprint density at radius 1 is 0.547 bits per heavy atom. The van der Waals surface area contributed by atoms with Crippen LogP contribution in [0, 0.1) is 0 Å². The molecule has 15 heteroatoms. The zero-order chi connectivity index (χ0) is 46.8. The number of esters is 2. The second-order valence-electron chi connectivity index (χ2n) is 17.7. The van der Waals surface area contributed by atoms with E-state index in [0.717, 1.165) is 51.4 Å². The van der Waals surface area contributed by atoms with Gasteiger partial charge >= 0.3 is 19.8 Å². The van der Waals surface area contributed by atoms with Crippen LogP contribution in [0.1, 0.15) is 194 Å². The summed E-state index contributed by atoms with van der Waals surface area (Å²) in [6.45, 7) is 3.23. The van der Waals surface area contributed by atoms with Gasteiger partial charge in [0, 0.05) is 12.8 Å². The number of aliphatic hydroxyl groups excluding tert-OH is 5. The van der Waals surface area contributed by atoms with Crippen LogP contribution in [0.25, 0.3) is 0 Å². The average Bonchev–Trinajstić information content (AvgIpc) is 4.03. The van der Waals surface area contributed by atoms with Crippen LogP contribution in [-0.2, 0) is 37.4 Å². The minimum Gasteiger partial charge on any atom is -0.462 e. The van der Waals surface area contributed by atoms with Crippen molar-refractivity contribution in [2.75, 3.05) is 13.2 Å². The number of phosphoric acid groups is 1. The Hall–Kier alpha value is -1.97. The normalized spacial score (nSPS) is 25.0. The Kier molecular flexibility index (Phi) is 32.8. The molecule has 2 rings (SSSR count). The number of allylic oxidation sites excluding steroid dienone is 4. The predicted molar refractivity (Wildman–Crippen MR) is 248 cm³/mol. The third-order valence-corrected chi connectivity index (χ3v) is 12.9. The van der Waals surface area contributed by atoms with Crippen LogP contribution in [0.3, 0.4) is 0 Å². The first-order valence-electron chi connectivity index (χ1n) is 24.9. The molecule has 2 aliphatic rings. The van der Waals surface area contributed by atoms with Gasteiger partial charge in [-0.15, -0.1) is 0 Å². The predicted octanol–water partition coefficient (Wildman–Crippen LogP) is 9.16. The molecule has 2 fully saturated rings. The highest BCUT2D eigenvalue weighted by molar-refractivity contribution is 7.47. The molecular formula is C49H87O14P. The summed E-state index contributed by atoms with van der Waals surface area (Å²) in [6.07, 6.45) is 29.4. The fourth-order valence-corrected chi connectivity index (χ4v) is 8.71. The molecule has 0 amide bonds. The number of unbranched alkanes of at least 4 members (excludes halogenated alkanes) is 20. The van der Waals surface area contributed by atoms with E-state index >= 15 is 0 Å². The number of carbonyl (C=O) groups is 2. The van der Waals surface area contributed by atoms with E-state index in [0.29, 0.717) is 31.5 Å². The second-order valence-corrected chi connectivity index (χ2v) is 19.1. The van der Waals surface area contributed by atoms with Gasteiger partial charge in [0.05, 0.1) is 18.8 Å². The molecule has 0 aromatic heterocycles. The number of phosphoric ester groups is 1. The van der Waals surface area contributed by atoms with Crippen molar-refractivity contribution in [1.82, 2.24) is 0 Å². The van der Waals surface area contributed by atoms with Crippen LogP contribution in [0.5, 0.6) is 0 Å². The van der Waals surface area contributed by atoms with E-state index in [1.54, 1.807) is 0 Å². The van der Waals surface area contributed by atoms with Gasteiger partial charge in [0.15, 0.2) is 6.10 Å². The number of ether oxygens (including phenoxy) is 3. The molecule has 1 saturated heterocycles. The van der Waals surface area contributed by atoms with Crippen LogP contribution in [-0.4, -0.2) is 111 Å². The lowest BCUT2D eigenvalue weighted by Gasteiger charge is -2.41. The second kappa shape index (κ2) is 36.1. The molecule has 1 aliphatic heterocycles. The first-order chi connectivity index (χ1) is 30.9. The summed E-state index contributed by atoms with van der Waals surface area (Å²) in [7, 11) is -5.13. The molecule has 10 atom stereocenters. The van der Waals surface area contributed by atoms with E-state index in [4.69, 9.17) is 23.3 Å². The van der Waals surface area contributed by atoms with Gasteiger partial charge < -0.3 is 44.6 Å². The van der Waals surface area contributed by atoms with Crippen molar-refractivity contribution in [2.45, 2.75) is 249 Å². The molecule has 0 spiro atoms. The van der Waals surface area contributed by atoms with Crippen molar-refractivity contribution < 1.29 is 67.8 Å². The van der Waals surface area contributed by atoms with Gasteiger partial charge in [-0.25, -0.2) is 4.57 Å². The Morgan fingerprint density at radius 2 is 0.984 bits per heavy atom. The van der Waals surface area contributed by atoms with Crippen molar-refractivity contribution in [1.29, 1.82) is 0 Å². The highest BCUT2D eigenvalue weighted by atomic mass is 31.2. The molecule has 0 bridgehead atoms. The molecule has 6 N–H and O–H groups in total. The molecule has 0 radical (unpaired) electrons. The molecule has 1 heterocycles. The van der Waals surface area contributed by atoms with Crippen molar-refractivity contribution in [2.24, 2.45) is 0 Å². The maximum absolute atomic E-state index is 12.8. The SMILES string of the molecule is CCCCC/C=C\CC1OC1C/C=C\C/C=C\CCCC(=O)OC[C@H](COP(=O)(O)OC1[C@H](O)[C@H](O)C(O)[C@H](O)[C@H]1O)OC(=O)CCCCCCCCCCCCCCCCCCC. The smallest absolute Gasteiger partial charge is 0.462 e. The van der Waals surface area contributed by atoms with Crippen LogP contribution < -0.4 is 0 Å². The monoisotopic (exact) mass is 931 g/mol. The molecule has 14 nitrogen and oxygen atoms in total. The van der Waals surface area contributed by atoms with Gasteiger partial charge in [-0.3, -0.25) is 18.6 Å². The third-order valence-electron chi connectivity index (χ3n) is 11.9. The summed E-state index contributed by atoms with van der Waals surface area (Å²) in [6, 6.07) is 0. The maximum atomic E-state index is 12.8. The number of hydrogen-bond donors (Lipinski definition) is 6. The molecule has 372 valence electrons. The summed E-state index contributed by atoms with van der Waals surface area (Å²) >= 11 is 0. The van der Waals surface area contributed by atoms with Crippen LogP contribution in [0.15, 0.2) is 36.5 Å². The lowest BCUT2D eigenvalue weighted by molar-refractivity contribution is -0.220. The maximum Gasteiger partial charge on any atom is 0.472 e. The topological polar surface area (TPSA) is 222 Å². The minimum atomic E-state index is -5.13. The van der Waals surface area contributed by atoms with E-state index in [1.165, 1.54) is 96.3 Å². The fourth-order valence-electron chi connectivity index (χ4n) is 7.73. The summed E-state index contributed by atoms with van der Waals surface area (Å²) in [4.78, 5) is 35.8. The Balaban J connectivity index is 1.70. The largest absolute Gasteiger partial charge is 0.472 e. The van der Waals surface area contributed by atoms with Crippen LogP contribution in [0.2, 0.25) is 0 Å². The molecule has 64 heavy (non-hydrogen) atoms. The molecular weight excluding hydrogens is 843 g/mol. The van der Waals surface area contributed by atoms with Crippen molar-refractivity contribution in [3.8, 4) is 0 Å². The minimum absolute atomic E-state index is 0.0855. The highest BCUT2D eigenvalue weighted by Gasteiger charge is 2.51. The standard InChI is InChI=1S/C49H87O14P/c1-3-5-7-9-11-12-13-14-15-16-17-18-19-20-23-28-32-36-43(51)61-39(38-60-64(57,58)63-49-47(55)45(53)44(52)46(54)48(49)56)37-59-42(50)35-31-27-24-21-22-26-30-34-41-40(62-41)33-29-25-10-8-6-4-2/h21,24-26,29-30,39-41,44-49,52-56H,3-20,22-23,27-28,31-38H2,1-2H3,(H,57,58)/b24-21-,29-25-,30-26-/t39-,40?,41?,44?,45-,46+,47-,48-,49?/m1/s1. The van der Waals surface area contributed by atoms with Crippen molar-refractivity contribution in [3.63, 3.8) is 0 Å². The quantitative estimate of drug-likeness (QED) is 0.0111.